The Morgan fingerprint density at radius 3 is 1.46 bits per heavy atom. The van der Waals surface area contributed by atoms with E-state index in [1.54, 1.807) is 0 Å². The van der Waals surface area contributed by atoms with E-state index in [1.807, 2.05) is 0 Å². The third-order valence-corrected chi connectivity index (χ3v) is 13.3. The van der Waals surface area contributed by atoms with E-state index < -0.39 is 0 Å². The second-order valence-electron chi connectivity index (χ2n) is 16.9. The fraction of sp³-hybridized carbons (Fsp3) is 0. The highest BCUT2D eigenvalue weighted by atomic mass is 15.1. The molecule has 0 atom stereocenters. The zero-order chi connectivity index (χ0) is 42.8. The summed E-state index contributed by atoms with van der Waals surface area (Å²) < 4.78 is 4.81. The first kappa shape index (κ1) is 36.9. The van der Waals surface area contributed by atoms with Gasteiger partial charge < -0.3 is 14.0 Å². The van der Waals surface area contributed by atoms with Crippen LogP contribution < -0.4 is 4.90 Å². The average molecular weight is 828 g/mol. The number of benzene rings is 11. The van der Waals surface area contributed by atoms with Crippen LogP contribution >= 0.6 is 0 Å². The summed E-state index contributed by atoms with van der Waals surface area (Å²) in [5.41, 5.74) is 15.1. The first-order chi connectivity index (χ1) is 32.3. The molecular weight excluding hydrogens is 787 g/mol. The maximum atomic E-state index is 2.42. The molecular formula is C62H41N3. The van der Waals surface area contributed by atoms with Gasteiger partial charge in [0, 0.05) is 55.5 Å². The van der Waals surface area contributed by atoms with Gasteiger partial charge in [0.05, 0.1) is 22.1 Å². The van der Waals surface area contributed by atoms with E-state index in [4.69, 9.17) is 0 Å². The maximum absolute atomic E-state index is 2.42. The molecule has 11 aromatic carbocycles. The summed E-state index contributed by atoms with van der Waals surface area (Å²) in [6.45, 7) is 0. The van der Waals surface area contributed by atoms with Gasteiger partial charge in [-0.1, -0.05) is 164 Å². The quantitative estimate of drug-likeness (QED) is 0.146. The fourth-order valence-electron chi connectivity index (χ4n) is 10.4. The molecule has 13 rings (SSSR count). The van der Waals surface area contributed by atoms with Crippen molar-refractivity contribution in [1.29, 1.82) is 0 Å². The van der Waals surface area contributed by atoms with Crippen molar-refractivity contribution in [3.05, 3.63) is 249 Å². The number of anilines is 3. The Balaban J connectivity index is 0.982. The first-order valence-electron chi connectivity index (χ1n) is 22.3. The molecule has 0 radical (unpaired) electrons. The van der Waals surface area contributed by atoms with Crippen molar-refractivity contribution in [1.82, 2.24) is 9.13 Å². The molecule has 65 heavy (non-hydrogen) atoms. The molecule has 0 bridgehead atoms. The number of rotatable bonds is 7. The van der Waals surface area contributed by atoms with Crippen molar-refractivity contribution in [3.63, 3.8) is 0 Å². The number of fused-ring (bicyclic) bond motifs is 9. The lowest BCUT2D eigenvalue weighted by Crippen LogP contribution is -2.10. The third-order valence-electron chi connectivity index (χ3n) is 13.3. The largest absolute Gasteiger partial charge is 0.310 e. The Kier molecular flexibility index (Phi) is 8.53. The smallest absolute Gasteiger partial charge is 0.0619 e. The third kappa shape index (κ3) is 5.97. The van der Waals surface area contributed by atoms with Gasteiger partial charge in [-0.15, -0.1) is 0 Å². The van der Waals surface area contributed by atoms with Gasteiger partial charge in [-0.25, -0.2) is 0 Å². The van der Waals surface area contributed by atoms with Crippen LogP contribution in [-0.4, -0.2) is 9.13 Å². The monoisotopic (exact) mass is 827 g/mol. The van der Waals surface area contributed by atoms with Crippen molar-refractivity contribution < 1.29 is 0 Å². The predicted molar refractivity (Wildman–Crippen MR) is 276 cm³/mol. The van der Waals surface area contributed by atoms with Crippen LogP contribution in [0.2, 0.25) is 0 Å². The van der Waals surface area contributed by atoms with Crippen LogP contribution in [-0.2, 0) is 0 Å². The molecule has 0 fully saturated rings. The van der Waals surface area contributed by atoms with E-state index in [0.29, 0.717) is 0 Å². The summed E-state index contributed by atoms with van der Waals surface area (Å²) in [7, 11) is 0. The molecule has 0 saturated carbocycles. The SMILES string of the molecule is c1ccc(-n2c3ccccc3c3cccc(-c4cccc(N(c5ccc(-c6cc7ccccc7c7ccccc67)cc5)c5ccc(-n6c7ccccc7c7ccccc76)cc5)c4)c32)cc1. The maximum Gasteiger partial charge on any atom is 0.0619 e. The van der Waals surface area contributed by atoms with Crippen LogP contribution in [0.3, 0.4) is 0 Å². The van der Waals surface area contributed by atoms with E-state index in [9.17, 15) is 0 Å². The lowest BCUT2D eigenvalue weighted by molar-refractivity contribution is 1.17. The standard InChI is InChI=1S/C62H41N3/c1-2-18-45(19-3-1)65-61-31-13-10-26-56(61)57-28-15-27-51(62(57)65)43-17-14-20-49(40-43)63(47-36-38-48(39-37-47)64-59-29-11-8-24-54(59)55-25-9-12-30-60(55)64)46-34-32-42(33-35-46)58-41-44-16-4-5-21-50(44)52-22-6-7-23-53(52)58/h1-41H. The fourth-order valence-corrected chi connectivity index (χ4v) is 10.4. The molecule has 0 unspecified atom stereocenters. The highest BCUT2D eigenvalue weighted by Crippen LogP contribution is 2.43. The number of para-hydroxylation sites is 5. The van der Waals surface area contributed by atoms with Crippen LogP contribution in [0.5, 0.6) is 0 Å². The lowest BCUT2D eigenvalue weighted by atomic mass is 9.93. The predicted octanol–water partition coefficient (Wildman–Crippen LogP) is 17.0. The summed E-state index contributed by atoms with van der Waals surface area (Å²) in [4.78, 5) is 2.40. The molecule has 13 aromatic rings. The van der Waals surface area contributed by atoms with Gasteiger partial charge in [0.1, 0.15) is 0 Å². The number of hydrogen-bond acceptors (Lipinski definition) is 1. The van der Waals surface area contributed by atoms with Gasteiger partial charge in [0.25, 0.3) is 0 Å². The molecule has 0 saturated heterocycles. The van der Waals surface area contributed by atoms with Crippen molar-refractivity contribution >= 4 is 82.2 Å². The van der Waals surface area contributed by atoms with Gasteiger partial charge in [-0.2, -0.15) is 0 Å². The summed E-state index contributed by atoms with van der Waals surface area (Å²) in [5, 5.41) is 10.0. The van der Waals surface area contributed by atoms with Crippen LogP contribution in [0.1, 0.15) is 0 Å². The molecule has 3 heteroatoms. The molecule has 0 aliphatic rings. The Morgan fingerprint density at radius 1 is 0.262 bits per heavy atom. The molecule has 2 heterocycles. The lowest BCUT2D eigenvalue weighted by Gasteiger charge is -2.27. The second kappa shape index (κ2) is 15.0. The van der Waals surface area contributed by atoms with Gasteiger partial charge in [0.15, 0.2) is 0 Å². The van der Waals surface area contributed by atoms with Crippen LogP contribution in [0.4, 0.5) is 17.1 Å². The normalized spacial score (nSPS) is 11.7. The van der Waals surface area contributed by atoms with E-state index >= 15 is 0 Å². The van der Waals surface area contributed by atoms with Crippen molar-refractivity contribution in [2.24, 2.45) is 0 Å². The zero-order valence-electron chi connectivity index (χ0n) is 35.5. The minimum atomic E-state index is 1.08. The molecule has 304 valence electrons. The van der Waals surface area contributed by atoms with E-state index in [1.165, 1.54) is 81.8 Å². The minimum Gasteiger partial charge on any atom is -0.310 e. The van der Waals surface area contributed by atoms with E-state index in [0.717, 1.165) is 34.0 Å². The topological polar surface area (TPSA) is 13.1 Å². The molecule has 0 N–H and O–H groups in total. The molecule has 0 amide bonds. The van der Waals surface area contributed by atoms with Gasteiger partial charge in [-0.3, -0.25) is 0 Å². The van der Waals surface area contributed by atoms with Crippen LogP contribution in [0, 0.1) is 0 Å². The van der Waals surface area contributed by atoms with Crippen molar-refractivity contribution in [3.8, 4) is 33.6 Å². The van der Waals surface area contributed by atoms with Crippen molar-refractivity contribution in [2.75, 3.05) is 4.90 Å². The summed E-state index contributed by atoms with van der Waals surface area (Å²) in [5.74, 6) is 0. The van der Waals surface area contributed by atoms with Gasteiger partial charge >= 0.3 is 0 Å². The number of nitrogens with zero attached hydrogens (tertiary/aromatic N) is 3. The minimum absolute atomic E-state index is 1.08. The second-order valence-corrected chi connectivity index (χ2v) is 16.9. The Bertz CT molecular complexity index is 3880. The highest BCUT2D eigenvalue weighted by molar-refractivity contribution is 6.15. The summed E-state index contributed by atoms with van der Waals surface area (Å²) >= 11 is 0. The molecule has 3 nitrogen and oxygen atoms in total. The van der Waals surface area contributed by atoms with E-state index in [2.05, 4.69) is 263 Å². The summed E-state index contributed by atoms with van der Waals surface area (Å²) in [6.07, 6.45) is 0. The average Bonchev–Trinajstić information content (AvgIpc) is 3.90. The first-order valence-corrected chi connectivity index (χ1v) is 22.3. The Morgan fingerprint density at radius 2 is 0.769 bits per heavy atom. The Labute approximate surface area is 376 Å². The highest BCUT2D eigenvalue weighted by Gasteiger charge is 2.20. The zero-order valence-corrected chi connectivity index (χ0v) is 35.5. The molecule has 0 aliphatic carbocycles. The van der Waals surface area contributed by atoms with Crippen LogP contribution in [0.15, 0.2) is 249 Å². The Hall–Kier alpha value is -8.66. The number of hydrogen-bond donors (Lipinski definition) is 0. The van der Waals surface area contributed by atoms with Gasteiger partial charge in [0.2, 0.25) is 0 Å². The van der Waals surface area contributed by atoms with Crippen LogP contribution in [0.25, 0.3) is 98.8 Å². The van der Waals surface area contributed by atoms with Crippen molar-refractivity contribution in [2.45, 2.75) is 0 Å². The molecule has 0 spiro atoms. The van der Waals surface area contributed by atoms with E-state index in [-0.39, 0.29) is 0 Å². The molecule has 2 aromatic heterocycles. The molecule has 0 aliphatic heterocycles. The number of aromatic nitrogens is 2. The summed E-state index contributed by atoms with van der Waals surface area (Å²) in [6, 6.07) is 90.7. The van der Waals surface area contributed by atoms with Gasteiger partial charge in [-0.05, 0) is 123 Å².